The fraction of sp³-hybridized carbons (Fsp3) is 0.286. The summed E-state index contributed by atoms with van der Waals surface area (Å²) in [5.74, 6) is 0. The van der Waals surface area contributed by atoms with Crippen molar-refractivity contribution in [2.24, 2.45) is 0 Å². The van der Waals surface area contributed by atoms with E-state index in [1.54, 1.807) is 35.6 Å². The first kappa shape index (κ1) is 16.5. The van der Waals surface area contributed by atoms with Gasteiger partial charge in [-0.1, -0.05) is 0 Å². The van der Waals surface area contributed by atoms with Crippen LogP contribution >= 0.6 is 27.3 Å². The summed E-state index contributed by atoms with van der Waals surface area (Å²) in [4.78, 5) is 1.50. The summed E-state index contributed by atoms with van der Waals surface area (Å²) in [5, 5.41) is 5.40. The Labute approximate surface area is 138 Å². The van der Waals surface area contributed by atoms with Gasteiger partial charge in [-0.3, -0.25) is 0 Å². The van der Waals surface area contributed by atoms with Gasteiger partial charge in [0.25, 0.3) is 0 Å². The highest BCUT2D eigenvalue weighted by Crippen LogP contribution is 2.31. The van der Waals surface area contributed by atoms with Crippen molar-refractivity contribution in [1.82, 2.24) is 4.31 Å². The minimum Gasteiger partial charge on any atom is -0.378 e. The van der Waals surface area contributed by atoms with Crippen LogP contribution in [-0.4, -0.2) is 26.8 Å². The summed E-state index contributed by atoms with van der Waals surface area (Å²) in [6.07, 6.45) is 0. The first-order valence-corrected chi connectivity index (χ1v) is 9.45. The Kier molecular flexibility index (Phi) is 5.08. The highest BCUT2D eigenvalue weighted by Gasteiger charge is 2.17. The minimum atomic E-state index is -3.37. The minimum absolute atomic E-state index is 0.149. The molecule has 0 saturated carbocycles. The second-order valence-corrected chi connectivity index (χ2v) is 8.76. The molecule has 2 aromatic rings. The summed E-state index contributed by atoms with van der Waals surface area (Å²) in [5.41, 5.74) is 0.889. The molecule has 2 rings (SSSR count). The van der Waals surface area contributed by atoms with Crippen molar-refractivity contribution in [2.45, 2.75) is 17.9 Å². The third-order valence-electron chi connectivity index (χ3n) is 3.05. The highest BCUT2D eigenvalue weighted by molar-refractivity contribution is 9.10. The van der Waals surface area contributed by atoms with Crippen molar-refractivity contribution in [1.29, 1.82) is 0 Å². The van der Waals surface area contributed by atoms with Crippen LogP contribution in [0.3, 0.4) is 0 Å². The summed E-state index contributed by atoms with van der Waals surface area (Å²) >= 11 is 5.20. The van der Waals surface area contributed by atoms with Crippen LogP contribution in [0.4, 0.5) is 5.69 Å². The van der Waals surface area contributed by atoms with Crippen LogP contribution in [0.15, 0.2) is 45.1 Å². The zero-order valence-electron chi connectivity index (χ0n) is 12.0. The number of anilines is 1. The van der Waals surface area contributed by atoms with E-state index in [0.29, 0.717) is 4.90 Å². The van der Waals surface area contributed by atoms with Gasteiger partial charge < -0.3 is 5.32 Å². The number of thiophene rings is 1. The molecule has 114 valence electrons. The molecule has 1 heterocycles. The summed E-state index contributed by atoms with van der Waals surface area (Å²) in [6, 6.07) is 8.98. The molecule has 0 bridgehead atoms. The van der Waals surface area contributed by atoms with Gasteiger partial charge in [-0.2, -0.15) is 0 Å². The fourth-order valence-corrected chi connectivity index (χ4v) is 4.49. The van der Waals surface area contributed by atoms with Crippen LogP contribution in [0.25, 0.3) is 0 Å². The van der Waals surface area contributed by atoms with Gasteiger partial charge in [0.2, 0.25) is 10.0 Å². The number of halogens is 1. The average molecular weight is 389 g/mol. The Morgan fingerprint density at radius 2 is 1.81 bits per heavy atom. The van der Waals surface area contributed by atoms with Crippen LogP contribution in [0.5, 0.6) is 0 Å². The maximum atomic E-state index is 12.0. The number of sulfonamides is 1. The smallest absolute Gasteiger partial charge is 0.242 e. The van der Waals surface area contributed by atoms with Gasteiger partial charge in [0.15, 0.2) is 0 Å². The zero-order chi connectivity index (χ0) is 15.6. The number of nitrogens with one attached hydrogen (secondary N) is 1. The highest BCUT2D eigenvalue weighted by atomic mass is 79.9. The van der Waals surface area contributed by atoms with Crippen LogP contribution in [-0.2, 0) is 10.0 Å². The lowest BCUT2D eigenvalue weighted by Crippen LogP contribution is -2.22. The summed E-state index contributed by atoms with van der Waals surface area (Å²) in [7, 11) is -0.321. The predicted octanol–water partition coefficient (Wildman–Crippen LogP) is 3.93. The molecule has 0 saturated heterocycles. The molecule has 21 heavy (non-hydrogen) atoms. The molecule has 1 aromatic heterocycles. The topological polar surface area (TPSA) is 49.4 Å². The number of nitrogens with zero attached hydrogens (tertiary/aromatic N) is 1. The van der Waals surface area contributed by atoms with E-state index in [2.05, 4.69) is 28.2 Å². The lowest BCUT2D eigenvalue weighted by atomic mass is 10.2. The van der Waals surface area contributed by atoms with Gasteiger partial charge in [-0.25, -0.2) is 12.7 Å². The van der Waals surface area contributed by atoms with Crippen molar-refractivity contribution in [3.8, 4) is 0 Å². The Hall–Kier alpha value is -0.890. The van der Waals surface area contributed by atoms with Crippen LogP contribution < -0.4 is 5.32 Å². The van der Waals surface area contributed by atoms with E-state index in [9.17, 15) is 8.42 Å². The molecule has 0 fully saturated rings. The van der Waals surface area contributed by atoms with Crippen molar-refractivity contribution < 1.29 is 8.42 Å². The van der Waals surface area contributed by atoms with Gasteiger partial charge >= 0.3 is 0 Å². The molecular formula is C14H17BrN2O2S2. The molecule has 0 aliphatic carbocycles. The van der Waals surface area contributed by atoms with E-state index in [1.807, 2.05) is 11.4 Å². The molecule has 1 aromatic carbocycles. The maximum absolute atomic E-state index is 12.0. The lowest BCUT2D eigenvalue weighted by molar-refractivity contribution is 0.521. The number of hydrogen-bond donors (Lipinski definition) is 1. The van der Waals surface area contributed by atoms with Gasteiger partial charge in [0, 0.05) is 29.1 Å². The van der Waals surface area contributed by atoms with Crippen LogP contribution in [0, 0.1) is 0 Å². The van der Waals surface area contributed by atoms with E-state index in [1.165, 1.54) is 23.3 Å². The normalized spacial score (nSPS) is 13.4. The van der Waals surface area contributed by atoms with Gasteiger partial charge in [0.05, 0.1) is 10.9 Å². The fourth-order valence-electron chi connectivity index (χ4n) is 1.86. The number of rotatable bonds is 5. The van der Waals surface area contributed by atoms with Crippen LogP contribution in [0.1, 0.15) is 17.8 Å². The SMILES string of the molecule is CC(Nc1ccc(S(=O)(=O)N(C)C)cc1)c1sccc1Br. The molecule has 0 aliphatic heterocycles. The Morgan fingerprint density at radius 3 is 2.29 bits per heavy atom. The zero-order valence-corrected chi connectivity index (χ0v) is 15.2. The Bertz CT molecular complexity index is 709. The lowest BCUT2D eigenvalue weighted by Gasteiger charge is -2.16. The molecule has 1 N–H and O–H groups in total. The largest absolute Gasteiger partial charge is 0.378 e. The van der Waals surface area contributed by atoms with E-state index < -0.39 is 10.0 Å². The first-order valence-electron chi connectivity index (χ1n) is 6.34. The van der Waals surface area contributed by atoms with E-state index >= 15 is 0 Å². The van der Waals surface area contributed by atoms with Crippen molar-refractivity contribution in [2.75, 3.05) is 19.4 Å². The third-order valence-corrected chi connectivity index (χ3v) is 6.94. The molecule has 0 amide bonds. The second-order valence-electron chi connectivity index (χ2n) is 4.81. The van der Waals surface area contributed by atoms with Gasteiger partial charge in [-0.05, 0) is 58.6 Å². The van der Waals surface area contributed by atoms with Crippen molar-refractivity contribution in [3.63, 3.8) is 0 Å². The monoisotopic (exact) mass is 388 g/mol. The standard InChI is InChI=1S/C14H17BrN2O2S2/c1-10(14-13(15)8-9-20-14)16-11-4-6-12(7-5-11)21(18,19)17(2)3/h4-10,16H,1-3H3. The maximum Gasteiger partial charge on any atom is 0.242 e. The third kappa shape index (κ3) is 3.66. The van der Waals surface area contributed by atoms with Crippen molar-refractivity contribution >= 4 is 43.0 Å². The van der Waals surface area contributed by atoms with Crippen molar-refractivity contribution in [3.05, 3.63) is 45.1 Å². The van der Waals surface area contributed by atoms with E-state index in [0.717, 1.165) is 10.2 Å². The van der Waals surface area contributed by atoms with E-state index in [-0.39, 0.29) is 6.04 Å². The molecule has 1 atom stereocenters. The quantitative estimate of drug-likeness (QED) is 0.843. The van der Waals surface area contributed by atoms with E-state index in [4.69, 9.17) is 0 Å². The molecule has 0 aliphatic rings. The molecule has 7 heteroatoms. The molecule has 0 spiro atoms. The molecular weight excluding hydrogens is 372 g/mol. The average Bonchev–Trinajstić information content (AvgIpc) is 2.85. The van der Waals surface area contributed by atoms with Gasteiger partial charge in [0.1, 0.15) is 0 Å². The predicted molar refractivity (Wildman–Crippen MR) is 91.4 cm³/mol. The summed E-state index contributed by atoms with van der Waals surface area (Å²) < 4.78 is 26.3. The van der Waals surface area contributed by atoms with Crippen LogP contribution in [0.2, 0.25) is 0 Å². The number of hydrogen-bond acceptors (Lipinski definition) is 4. The molecule has 0 radical (unpaired) electrons. The second kappa shape index (κ2) is 6.48. The molecule has 1 unspecified atom stereocenters. The van der Waals surface area contributed by atoms with Gasteiger partial charge in [-0.15, -0.1) is 11.3 Å². The first-order chi connectivity index (χ1) is 9.82. The Morgan fingerprint density at radius 1 is 1.19 bits per heavy atom. The summed E-state index contributed by atoms with van der Waals surface area (Å²) in [6.45, 7) is 2.07. The molecule has 4 nitrogen and oxygen atoms in total. The Balaban J connectivity index is 2.15. The number of benzene rings is 1.